The zero-order valence-electron chi connectivity index (χ0n) is 12.4. The lowest BCUT2D eigenvalue weighted by atomic mass is 9.80. The van der Waals surface area contributed by atoms with E-state index in [-0.39, 0.29) is 12.1 Å². The molecule has 2 fully saturated rings. The van der Waals surface area contributed by atoms with Crippen molar-refractivity contribution in [3.63, 3.8) is 0 Å². The van der Waals surface area contributed by atoms with E-state index in [0.29, 0.717) is 18.3 Å². The van der Waals surface area contributed by atoms with Gasteiger partial charge in [0.2, 0.25) is 0 Å². The van der Waals surface area contributed by atoms with E-state index in [9.17, 15) is 4.79 Å². The smallest absolute Gasteiger partial charge is 0.306 e. The molecule has 110 valence electrons. The van der Waals surface area contributed by atoms with Crippen molar-refractivity contribution >= 4 is 5.97 Å². The molecule has 0 saturated carbocycles. The number of cyclic esters (lactones) is 1. The van der Waals surface area contributed by atoms with Gasteiger partial charge in [-0.05, 0) is 37.7 Å². The third kappa shape index (κ3) is 2.38. The molecule has 0 aromatic heterocycles. The number of fused-ring (bicyclic) bond motifs is 1. The maximum Gasteiger partial charge on any atom is 0.306 e. The van der Waals surface area contributed by atoms with Gasteiger partial charge in [0.05, 0.1) is 6.42 Å². The summed E-state index contributed by atoms with van der Waals surface area (Å²) in [7, 11) is 0. The van der Waals surface area contributed by atoms with Crippen LogP contribution >= 0.6 is 0 Å². The Balaban J connectivity index is 1.90. The highest BCUT2D eigenvalue weighted by molar-refractivity contribution is 5.72. The molecule has 0 aromatic rings. The summed E-state index contributed by atoms with van der Waals surface area (Å²) in [5.74, 6) is 0.656. The fourth-order valence-corrected chi connectivity index (χ4v) is 4.17. The summed E-state index contributed by atoms with van der Waals surface area (Å²) in [6.07, 6.45) is 8.44. The molecule has 0 unspecified atom stereocenters. The first-order chi connectivity index (χ1) is 9.70. The van der Waals surface area contributed by atoms with Crippen molar-refractivity contribution in [1.29, 1.82) is 0 Å². The Hall–Kier alpha value is -1.25. The van der Waals surface area contributed by atoms with Gasteiger partial charge >= 0.3 is 5.97 Å². The lowest BCUT2D eigenvalue weighted by Crippen LogP contribution is -2.32. The fraction of sp³-hybridized carbons (Fsp3) is 0.706. The van der Waals surface area contributed by atoms with Gasteiger partial charge < -0.3 is 9.64 Å². The summed E-state index contributed by atoms with van der Waals surface area (Å²) in [5, 5.41) is 0. The van der Waals surface area contributed by atoms with Crippen molar-refractivity contribution in [2.45, 2.75) is 51.6 Å². The maximum atomic E-state index is 11.6. The van der Waals surface area contributed by atoms with Crippen molar-refractivity contribution in [2.24, 2.45) is 11.8 Å². The number of allylic oxidation sites excluding steroid dienone is 2. The van der Waals surface area contributed by atoms with Crippen LogP contribution in [0.25, 0.3) is 0 Å². The zero-order chi connectivity index (χ0) is 14.1. The number of carbonyl (C=O) groups excluding carboxylic acids is 1. The SMILES string of the molecule is C=CC[C@@H](C1=C2CCCN2CCC1)[C@@H]1OC(=O)C[C@H]1C. The van der Waals surface area contributed by atoms with Crippen LogP contribution < -0.4 is 0 Å². The summed E-state index contributed by atoms with van der Waals surface area (Å²) in [5.41, 5.74) is 3.11. The van der Waals surface area contributed by atoms with Crippen molar-refractivity contribution in [3.8, 4) is 0 Å². The molecule has 3 atom stereocenters. The summed E-state index contributed by atoms with van der Waals surface area (Å²) in [6, 6.07) is 0. The molecule has 0 radical (unpaired) electrons. The summed E-state index contributed by atoms with van der Waals surface area (Å²) < 4.78 is 5.65. The Bertz CT molecular complexity index is 440. The first-order valence-electron chi connectivity index (χ1n) is 7.98. The largest absolute Gasteiger partial charge is 0.461 e. The van der Waals surface area contributed by atoms with Crippen molar-refractivity contribution in [1.82, 2.24) is 4.90 Å². The van der Waals surface area contributed by atoms with Crippen LogP contribution in [0.15, 0.2) is 23.9 Å². The van der Waals surface area contributed by atoms with E-state index in [4.69, 9.17) is 4.74 Å². The number of rotatable bonds is 4. The highest BCUT2D eigenvalue weighted by atomic mass is 16.6. The van der Waals surface area contributed by atoms with Crippen LogP contribution in [0.1, 0.15) is 45.4 Å². The van der Waals surface area contributed by atoms with Gasteiger partial charge in [0, 0.05) is 30.6 Å². The maximum absolute atomic E-state index is 11.6. The fourth-order valence-electron chi connectivity index (χ4n) is 4.17. The van der Waals surface area contributed by atoms with Crippen LogP contribution in [-0.2, 0) is 9.53 Å². The van der Waals surface area contributed by atoms with Crippen LogP contribution in [0.4, 0.5) is 0 Å². The molecule has 3 rings (SSSR count). The summed E-state index contributed by atoms with van der Waals surface area (Å²) >= 11 is 0. The molecule has 3 heteroatoms. The topological polar surface area (TPSA) is 29.5 Å². The highest BCUT2D eigenvalue weighted by Crippen LogP contribution is 2.41. The van der Waals surface area contributed by atoms with E-state index in [1.165, 1.54) is 38.8 Å². The average molecular weight is 275 g/mol. The number of hydrogen-bond acceptors (Lipinski definition) is 3. The Morgan fingerprint density at radius 1 is 1.40 bits per heavy atom. The van der Waals surface area contributed by atoms with E-state index in [1.807, 2.05) is 6.08 Å². The number of carbonyl (C=O) groups is 1. The van der Waals surface area contributed by atoms with Gasteiger partial charge in [-0.3, -0.25) is 4.79 Å². The molecule has 3 heterocycles. The molecule has 0 aliphatic carbocycles. The molecular formula is C17H25NO2. The number of hydrogen-bond donors (Lipinski definition) is 0. The number of esters is 1. The second kappa shape index (κ2) is 5.63. The lowest BCUT2D eigenvalue weighted by molar-refractivity contribution is -0.143. The van der Waals surface area contributed by atoms with E-state index in [0.717, 1.165) is 6.42 Å². The molecule has 0 spiro atoms. The quantitative estimate of drug-likeness (QED) is 0.582. The van der Waals surface area contributed by atoms with E-state index in [2.05, 4.69) is 18.4 Å². The minimum Gasteiger partial charge on any atom is -0.461 e. The molecule has 3 aliphatic rings. The molecule has 2 saturated heterocycles. The Kier molecular flexibility index (Phi) is 3.86. The monoisotopic (exact) mass is 275 g/mol. The van der Waals surface area contributed by atoms with Crippen molar-refractivity contribution in [2.75, 3.05) is 13.1 Å². The van der Waals surface area contributed by atoms with Gasteiger partial charge in [-0.15, -0.1) is 6.58 Å². The van der Waals surface area contributed by atoms with Crippen LogP contribution in [0.2, 0.25) is 0 Å². The zero-order valence-corrected chi connectivity index (χ0v) is 12.4. The van der Waals surface area contributed by atoms with E-state index >= 15 is 0 Å². The third-order valence-electron chi connectivity index (χ3n) is 5.05. The second-order valence-corrected chi connectivity index (χ2v) is 6.43. The Labute approximate surface area is 121 Å². The molecule has 3 nitrogen and oxygen atoms in total. The summed E-state index contributed by atoms with van der Waals surface area (Å²) in [4.78, 5) is 14.2. The van der Waals surface area contributed by atoms with Crippen molar-refractivity contribution < 1.29 is 9.53 Å². The first-order valence-corrected chi connectivity index (χ1v) is 7.98. The van der Waals surface area contributed by atoms with Gasteiger partial charge in [-0.1, -0.05) is 13.0 Å². The molecule has 0 aromatic carbocycles. The van der Waals surface area contributed by atoms with E-state index in [1.54, 1.807) is 11.3 Å². The number of ether oxygens (including phenoxy) is 1. The molecular weight excluding hydrogens is 250 g/mol. The minimum absolute atomic E-state index is 0.0266. The third-order valence-corrected chi connectivity index (χ3v) is 5.05. The normalized spacial score (nSPS) is 31.2. The minimum atomic E-state index is -0.0266. The first kappa shape index (κ1) is 13.7. The van der Waals surface area contributed by atoms with E-state index < -0.39 is 0 Å². The van der Waals surface area contributed by atoms with Crippen LogP contribution in [-0.4, -0.2) is 30.1 Å². The molecule has 20 heavy (non-hydrogen) atoms. The second-order valence-electron chi connectivity index (χ2n) is 6.43. The highest BCUT2D eigenvalue weighted by Gasteiger charge is 2.40. The molecule has 0 amide bonds. The molecule has 0 N–H and O–H groups in total. The summed E-state index contributed by atoms with van der Waals surface area (Å²) in [6.45, 7) is 8.48. The average Bonchev–Trinajstić information content (AvgIpc) is 3.02. The van der Waals surface area contributed by atoms with Gasteiger partial charge in [0.25, 0.3) is 0 Å². The van der Waals surface area contributed by atoms with Crippen molar-refractivity contribution in [3.05, 3.63) is 23.9 Å². The van der Waals surface area contributed by atoms with Gasteiger partial charge in [0.15, 0.2) is 0 Å². The van der Waals surface area contributed by atoms with Crippen LogP contribution in [0, 0.1) is 11.8 Å². The van der Waals surface area contributed by atoms with Gasteiger partial charge in [-0.2, -0.15) is 0 Å². The van der Waals surface area contributed by atoms with Crippen LogP contribution in [0.3, 0.4) is 0 Å². The predicted octanol–water partition coefficient (Wildman–Crippen LogP) is 3.27. The number of nitrogens with zero attached hydrogens (tertiary/aromatic N) is 1. The van der Waals surface area contributed by atoms with Gasteiger partial charge in [-0.25, -0.2) is 0 Å². The lowest BCUT2D eigenvalue weighted by Gasteiger charge is -2.35. The Morgan fingerprint density at radius 3 is 2.80 bits per heavy atom. The van der Waals surface area contributed by atoms with Crippen LogP contribution in [0.5, 0.6) is 0 Å². The molecule has 3 aliphatic heterocycles. The standard InChI is InChI=1S/C17H25NO2/c1-3-6-14(17-12(2)11-16(19)20-17)13-7-4-9-18-10-5-8-15(13)18/h3,12,14,17H,1,4-11H2,2H3/t12-,14+,17-/m1/s1. The molecule has 0 bridgehead atoms. The predicted molar refractivity (Wildman–Crippen MR) is 79.0 cm³/mol. The Morgan fingerprint density at radius 2 is 2.15 bits per heavy atom. The van der Waals surface area contributed by atoms with Gasteiger partial charge in [0.1, 0.15) is 6.10 Å².